The van der Waals surface area contributed by atoms with Crippen LogP contribution in [0.4, 0.5) is 5.82 Å². The summed E-state index contributed by atoms with van der Waals surface area (Å²) in [5, 5.41) is 9.86. The normalized spacial score (nSPS) is 11.2. The molecule has 2 rings (SSSR count). The Kier molecular flexibility index (Phi) is 4.03. The number of carbonyl (C=O) groups is 1. The van der Waals surface area contributed by atoms with E-state index < -0.39 is 10.0 Å². The number of hydrogen-bond donors (Lipinski definition) is 2. The van der Waals surface area contributed by atoms with Crippen molar-refractivity contribution in [2.24, 2.45) is 0 Å². The van der Waals surface area contributed by atoms with Gasteiger partial charge in [-0.25, -0.2) is 13.1 Å². The van der Waals surface area contributed by atoms with Gasteiger partial charge in [0, 0.05) is 0 Å². The summed E-state index contributed by atoms with van der Waals surface area (Å²) in [4.78, 5) is 11.6. The Morgan fingerprint density at radius 1 is 1.50 bits per heavy atom. The summed E-state index contributed by atoms with van der Waals surface area (Å²) in [5.74, 6) is 0.403. The van der Waals surface area contributed by atoms with Crippen LogP contribution >= 0.6 is 0 Å². The average molecular weight is 299 g/mol. The van der Waals surface area contributed by atoms with Crippen molar-refractivity contribution in [3.63, 3.8) is 0 Å². The average Bonchev–Trinajstić information content (AvgIpc) is 2.96. The molecule has 0 unspecified atom stereocenters. The smallest absolute Gasteiger partial charge is 0.242 e. The van der Waals surface area contributed by atoms with Gasteiger partial charge in [0.05, 0.1) is 25.3 Å². The molecule has 0 atom stereocenters. The minimum atomic E-state index is -3.41. The first kappa shape index (κ1) is 14.1. The molecule has 2 N–H and O–H groups in total. The number of anilines is 1. The maximum Gasteiger partial charge on any atom is 0.242 e. The fourth-order valence-electron chi connectivity index (χ4n) is 1.41. The van der Waals surface area contributed by atoms with Gasteiger partial charge in [0.2, 0.25) is 15.9 Å². The zero-order valence-corrected chi connectivity index (χ0v) is 11.4. The monoisotopic (exact) mass is 299 g/mol. The summed E-state index contributed by atoms with van der Waals surface area (Å²) in [6, 6.07) is 3.46. The molecule has 2 heterocycles. The molecule has 20 heavy (non-hydrogen) atoms. The van der Waals surface area contributed by atoms with Gasteiger partial charge in [0.1, 0.15) is 12.3 Å². The maximum atomic E-state index is 11.6. The first-order valence-electron chi connectivity index (χ1n) is 5.59. The number of nitrogens with one attached hydrogen (secondary N) is 2. The number of sulfonamides is 1. The predicted molar refractivity (Wildman–Crippen MR) is 69.0 cm³/mol. The summed E-state index contributed by atoms with van der Waals surface area (Å²) in [5.41, 5.74) is 0. The van der Waals surface area contributed by atoms with Crippen molar-refractivity contribution in [2.75, 3.05) is 11.0 Å². The van der Waals surface area contributed by atoms with E-state index in [1.54, 1.807) is 12.1 Å². The number of carbonyl (C=O) groups excluding carboxylic acids is 1. The molecule has 1 amide bonds. The van der Waals surface area contributed by atoms with Crippen LogP contribution in [0, 0.1) is 0 Å². The number of nitrogens with zero attached hydrogens (tertiary/aromatic N) is 3. The fourth-order valence-corrected chi connectivity index (χ4v) is 1.89. The Morgan fingerprint density at radius 2 is 2.30 bits per heavy atom. The van der Waals surface area contributed by atoms with Gasteiger partial charge in [0.25, 0.3) is 0 Å². The van der Waals surface area contributed by atoms with Gasteiger partial charge in [-0.3, -0.25) is 9.52 Å². The Balaban J connectivity index is 1.85. The van der Waals surface area contributed by atoms with Crippen molar-refractivity contribution in [3.05, 3.63) is 30.4 Å². The van der Waals surface area contributed by atoms with Crippen molar-refractivity contribution in [2.45, 2.75) is 13.1 Å². The maximum absolute atomic E-state index is 11.6. The lowest BCUT2D eigenvalue weighted by Crippen LogP contribution is -2.27. The van der Waals surface area contributed by atoms with E-state index in [1.807, 2.05) is 0 Å². The molecular formula is C10H13N5O4S. The van der Waals surface area contributed by atoms with E-state index in [2.05, 4.69) is 20.4 Å². The fraction of sp³-hybridized carbons (Fsp3) is 0.300. The van der Waals surface area contributed by atoms with Gasteiger partial charge in [-0.05, 0) is 12.1 Å². The topological polar surface area (TPSA) is 119 Å². The third-order valence-electron chi connectivity index (χ3n) is 2.17. The molecule has 0 aromatic carbocycles. The van der Waals surface area contributed by atoms with Crippen molar-refractivity contribution in [1.82, 2.24) is 20.3 Å². The number of furan rings is 1. The summed E-state index contributed by atoms with van der Waals surface area (Å²) < 4.78 is 30.4. The van der Waals surface area contributed by atoms with Crippen molar-refractivity contribution >= 4 is 21.7 Å². The van der Waals surface area contributed by atoms with E-state index in [9.17, 15) is 13.2 Å². The third-order valence-corrected chi connectivity index (χ3v) is 2.75. The largest absolute Gasteiger partial charge is 0.467 e. The molecule has 0 fully saturated rings. The van der Waals surface area contributed by atoms with Crippen molar-refractivity contribution < 1.29 is 17.6 Å². The highest BCUT2D eigenvalue weighted by atomic mass is 32.2. The lowest BCUT2D eigenvalue weighted by molar-refractivity contribution is -0.122. The molecule has 108 valence electrons. The molecule has 10 heteroatoms. The molecule has 0 aliphatic rings. The summed E-state index contributed by atoms with van der Waals surface area (Å²) in [7, 11) is -3.41. The Bertz CT molecular complexity index is 676. The van der Waals surface area contributed by atoms with Crippen LogP contribution in [-0.2, 0) is 27.9 Å². The van der Waals surface area contributed by atoms with Gasteiger partial charge >= 0.3 is 0 Å². The standard InChI is InChI=1S/C10H13N5O4S/c1-20(17,18)13-9-6-15(14-12-9)7-10(16)11-5-8-3-2-4-19-8/h2-4,6,13H,5,7H2,1H3,(H,11,16). The highest BCUT2D eigenvalue weighted by molar-refractivity contribution is 7.92. The van der Waals surface area contributed by atoms with Crippen molar-refractivity contribution in [3.8, 4) is 0 Å². The summed E-state index contributed by atoms with van der Waals surface area (Å²) >= 11 is 0. The zero-order valence-electron chi connectivity index (χ0n) is 10.6. The van der Waals surface area contributed by atoms with Crippen LogP contribution in [0.15, 0.2) is 29.0 Å². The van der Waals surface area contributed by atoms with Crippen LogP contribution in [0.2, 0.25) is 0 Å². The predicted octanol–water partition coefficient (Wildman–Crippen LogP) is -0.441. The van der Waals surface area contributed by atoms with E-state index in [0.717, 1.165) is 6.26 Å². The van der Waals surface area contributed by atoms with Crippen LogP contribution in [0.1, 0.15) is 5.76 Å². The lowest BCUT2D eigenvalue weighted by atomic mass is 10.4. The molecule has 0 spiro atoms. The molecule has 9 nitrogen and oxygen atoms in total. The van der Waals surface area contributed by atoms with E-state index in [0.29, 0.717) is 5.76 Å². The van der Waals surface area contributed by atoms with Gasteiger partial charge in [-0.2, -0.15) is 0 Å². The van der Waals surface area contributed by atoms with Crippen LogP contribution in [-0.4, -0.2) is 35.6 Å². The number of aromatic nitrogens is 3. The minimum absolute atomic E-state index is 0.0614. The second kappa shape index (κ2) is 5.74. The quantitative estimate of drug-likeness (QED) is 0.746. The molecule has 0 saturated heterocycles. The Morgan fingerprint density at radius 3 is 2.95 bits per heavy atom. The number of amides is 1. The highest BCUT2D eigenvalue weighted by Gasteiger charge is 2.09. The number of hydrogen-bond acceptors (Lipinski definition) is 6. The lowest BCUT2D eigenvalue weighted by Gasteiger charge is -2.02. The zero-order chi connectivity index (χ0) is 14.6. The SMILES string of the molecule is CS(=O)(=O)Nc1cn(CC(=O)NCc2ccco2)nn1. The molecule has 2 aromatic rings. The second-order valence-electron chi connectivity index (χ2n) is 4.03. The first-order chi connectivity index (χ1) is 9.42. The Hall–Kier alpha value is -2.36. The van der Waals surface area contributed by atoms with Crippen molar-refractivity contribution in [1.29, 1.82) is 0 Å². The molecule has 0 saturated carbocycles. The third kappa shape index (κ3) is 4.39. The van der Waals surface area contributed by atoms with E-state index in [1.165, 1.54) is 17.1 Å². The van der Waals surface area contributed by atoms with E-state index in [4.69, 9.17) is 4.42 Å². The molecule has 2 aromatic heterocycles. The molecule has 0 bridgehead atoms. The second-order valence-corrected chi connectivity index (χ2v) is 5.78. The first-order valence-corrected chi connectivity index (χ1v) is 7.48. The van der Waals surface area contributed by atoms with E-state index >= 15 is 0 Å². The Labute approximate surface area is 115 Å². The van der Waals surface area contributed by atoms with Gasteiger partial charge < -0.3 is 9.73 Å². The molecule has 0 radical (unpaired) electrons. The molecule has 0 aliphatic carbocycles. The van der Waals surface area contributed by atoms with Gasteiger partial charge in [-0.1, -0.05) is 5.21 Å². The highest BCUT2D eigenvalue weighted by Crippen LogP contribution is 2.02. The minimum Gasteiger partial charge on any atom is -0.467 e. The van der Waals surface area contributed by atoms with Crippen LogP contribution in [0.3, 0.4) is 0 Å². The number of rotatable bonds is 6. The van der Waals surface area contributed by atoms with Crippen LogP contribution in [0.25, 0.3) is 0 Å². The summed E-state index contributed by atoms with van der Waals surface area (Å²) in [6.07, 6.45) is 3.84. The van der Waals surface area contributed by atoms with Crippen LogP contribution < -0.4 is 10.0 Å². The van der Waals surface area contributed by atoms with Gasteiger partial charge in [-0.15, -0.1) is 5.10 Å². The van der Waals surface area contributed by atoms with E-state index in [-0.39, 0.29) is 24.8 Å². The van der Waals surface area contributed by atoms with Crippen LogP contribution in [0.5, 0.6) is 0 Å². The van der Waals surface area contributed by atoms with Gasteiger partial charge in [0.15, 0.2) is 5.82 Å². The summed E-state index contributed by atoms with van der Waals surface area (Å²) in [6.45, 7) is 0.203. The molecule has 0 aliphatic heterocycles. The molecular weight excluding hydrogens is 286 g/mol.